The summed E-state index contributed by atoms with van der Waals surface area (Å²) >= 11 is 0. The van der Waals surface area contributed by atoms with Gasteiger partial charge in [0.15, 0.2) is 5.65 Å². The minimum Gasteiger partial charge on any atom is -0.381 e. The molecule has 4 heterocycles. The Morgan fingerprint density at radius 1 is 1.06 bits per heavy atom. The van der Waals surface area contributed by atoms with Gasteiger partial charge in [0, 0.05) is 45.0 Å². The summed E-state index contributed by atoms with van der Waals surface area (Å²) in [5.74, 6) is 1.73. The van der Waals surface area contributed by atoms with E-state index in [4.69, 9.17) is 4.74 Å². The summed E-state index contributed by atoms with van der Waals surface area (Å²) in [5.41, 5.74) is 2.77. The highest BCUT2D eigenvalue weighted by molar-refractivity contribution is 5.94. The van der Waals surface area contributed by atoms with Crippen LogP contribution >= 0.6 is 0 Å². The molecule has 1 unspecified atom stereocenters. The second kappa shape index (κ2) is 9.16. The smallest absolute Gasteiger partial charge is 0.252 e. The van der Waals surface area contributed by atoms with Crippen molar-refractivity contribution < 1.29 is 9.53 Å². The molecule has 0 aliphatic carbocycles. The number of pyridine rings is 1. The highest BCUT2D eigenvalue weighted by Gasteiger charge is 2.28. The second-order valence-corrected chi connectivity index (χ2v) is 8.68. The molecule has 3 aromatic rings. The third-order valence-electron chi connectivity index (χ3n) is 6.47. The molecule has 0 saturated carbocycles. The van der Waals surface area contributed by atoms with Crippen LogP contribution in [-0.2, 0) is 11.3 Å². The topological polar surface area (TPSA) is 71.8 Å². The Morgan fingerprint density at radius 2 is 1.90 bits per heavy atom. The van der Waals surface area contributed by atoms with Crippen molar-refractivity contribution in [3.05, 3.63) is 65.6 Å². The first-order chi connectivity index (χ1) is 15.3. The lowest BCUT2D eigenvalue weighted by Crippen LogP contribution is -2.32. The molecule has 0 spiro atoms. The van der Waals surface area contributed by atoms with E-state index in [1.54, 1.807) is 0 Å². The zero-order valence-corrected chi connectivity index (χ0v) is 17.7. The maximum Gasteiger partial charge on any atom is 0.252 e. The summed E-state index contributed by atoms with van der Waals surface area (Å²) in [4.78, 5) is 15.2. The molecule has 2 fully saturated rings. The average molecular weight is 420 g/mol. The van der Waals surface area contributed by atoms with Crippen LogP contribution < -0.4 is 5.32 Å². The highest BCUT2D eigenvalue weighted by atomic mass is 16.5. The third kappa shape index (κ3) is 4.62. The Bertz CT molecular complexity index is 1030. The van der Waals surface area contributed by atoms with Crippen LogP contribution in [0.3, 0.4) is 0 Å². The van der Waals surface area contributed by atoms with E-state index in [2.05, 4.69) is 50.7 Å². The molecule has 2 aromatic heterocycles. The van der Waals surface area contributed by atoms with Gasteiger partial charge in [0.1, 0.15) is 5.82 Å². The quantitative estimate of drug-likeness (QED) is 0.665. The van der Waals surface area contributed by atoms with Crippen molar-refractivity contribution in [3.8, 4) is 0 Å². The standard InChI is InChI=1S/C24H29N5O2/c30-24(25-14-18-9-12-31-13-10-18)21-6-7-22-26-27-23(29(22)17-21)20-8-11-28(16-20)15-19-4-2-1-3-5-19/h1-7,17-18,20H,8-16H2,(H,25,30). The molecular weight excluding hydrogens is 390 g/mol. The summed E-state index contributed by atoms with van der Waals surface area (Å²) in [6, 6.07) is 14.3. The first kappa shape index (κ1) is 20.2. The minimum atomic E-state index is -0.0369. The van der Waals surface area contributed by atoms with E-state index in [1.165, 1.54) is 5.56 Å². The molecule has 2 saturated heterocycles. The summed E-state index contributed by atoms with van der Waals surface area (Å²) < 4.78 is 7.40. The Hall–Kier alpha value is -2.77. The second-order valence-electron chi connectivity index (χ2n) is 8.68. The minimum absolute atomic E-state index is 0.0369. The molecule has 0 bridgehead atoms. The van der Waals surface area contributed by atoms with Crippen molar-refractivity contribution in [1.29, 1.82) is 0 Å². The number of ether oxygens (including phenoxy) is 1. The van der Waals surface area contributed by atoms with Gasteiger partial charge in [0.2, 0.25) is 0 Å². The van der Waals surface area contributed by atoms with Gasteiger partial charge in [-0.2, -0.15) is 0 Å². The molecule has 2 aliphatic rings. The molecule has 31 heavy (non-hydrogen) atoms. The Morgan fingerprint density at radius 3 is 2.74 bits per heavy atom. The van der Waals surface area contributed by atoms with Crippen molar-refractivity contribution >= 4 is 11.6 Å². The van der Waals surface area contributed by atoms with Crippen LogP contribution in [0.25, 0.3) is 5.65 Å². The molecular formula is C24H29N5O2. The van der Waals surface area contributed by atoms with E-state index in [9.17, 15) is 4.79 Å². The number of fused-ring (bicyclic) bond motifs is 1. The van der Waals surface area contributed by atoms with E-state index in [0.717, 1.165) is 63.6 Å². The summed E-state index contributed by atoms with van der Waals surface area (Å²) in [6.45, 7) is 5.23. The molecule has 7 heteroatoms. The fourth-order valence-corrected chi connectivity index (χ4v) is 4.64. The lowest BCUT2D eigenvalue weighted by atomic mass is 10.0. The summed E-state index contributed by atoms with van der Waals surface area (Å²) in [7, 11) is 0. The number of carbonyl (C=O) groups is 1. The number of amides is 1. The van der Waals surface area contributed by atoms with Crippen molar-refractivity contribution in [2.75, 3.05) is 32.8 Å². The normalized spacial score (nSPS) is 20.3. The molecule has 162 valence electrons. The first-order valence-electron chi connectivity index (χ1n) is 11.2. The molecule has 1 atom stereocenters. The van der Waals surface area contributed by atoms with E-state index in [0.29, 0.717) is 23.9 Å². The Kier molecular flexibility index (Phi) is 5.95. The number of hydrogen-bond acceptors (Lipinski definition) is 5. The predicted octanol–water partition coefficient (Wildman–Crippen LogP) is 2.88. The van der Waals surface area contributed by atoms with Crippen LogP contribution in [0.1, 0.15) is 46.9 Å². The zero-order valence-electron chi connectivity index (χ0n) is 17.7. The lowest BCUT2D eigenvalue weighted by molar-refractivity contribution is 0.0642. The van der Waals surface area contributed by atoms with Crippen molar-refractivity contribution in [1.82, 2.24) is 24.8 Å². The van der Waals surface area contributed by atoms with Gasteiger partial charge in [-0.15, -0.1) is 10.2 Å². The molecule has 1 N–H and O–H groups in total. The van der Waals surface area contributed by atoms with Crippen molar-refractivity contribution in [3.63, 3.8) is 0 Å². The van der Waals surface area contributed by atoms with Gasteiger partial charge in [-0.05, 0) is 49.4 Å². The molecule has 2 aliphatic heterocycles. The van der Waals surface area contributed by atoms with Gasteiger partial charge in [0.05, 0.1) is 5.56 Å². The molecule has 1 amide bonds. The first-order valence-corrected chi connectivity index (χ1v) is 11.2. The number of carbonyl (C=O) groups excluding carboxylic acids is 1. The molecule has 7 nitrogen and oxygen atoms in total. The lowest BCUT2D eigenvalue weighted by Gasteiger charge is -2.22. The molecule has 1 aromatic carbocycles. The number of aromatic nitrogens is 3. The monoisotopic (exact) mass is 419 g/mol. The maximum absolute atomic E-state index is 12.7. The number of hydrogen-bond donors (Lipinski definition) is 1. The van der Waals surface area contributed by atoms with Gasteiger partial charge in [-0.25, -0.2) is 0 Å². The van der Waals surface area contributed by atoms with E-state index < -0.39 is 0 Å². The average Bonchev–Trinajstić information content (AvgIpc) is 3.45. The third-order valence-corrected chi connectivity index (χ3v) is 6.47. The predicted molar refractivity (Wildman–Crippen MR) is 118 cm³/mol. The van der Waals surface area contributed by atoms with E-state index in [-0.39, 0.29) is 5.91 Å². The van der Waals surface area contributed by atoms with Gasteiger partial charge in [-0.1, -0.05) is 30.3 Å². The zero-order chi connectivity index (χ0) is 21.0. The van der Waals surface area contributed by atoms with E-state index in [1.807, 2.05) is 22.7 Å². The van der Waals surface area contributed by atoms with Crippen LogP contribution in [0.15, 0.2) is 48.7 Å². The Labute approximate surface area is 182 Å². The maximum atomic E-state index is 12.7. The molecule has 0 radical (unpaired) electrons. The summed E-state index contributed by atoms with van der Waals surface area (Å²) in [5, 5.41) is 11.9. The van der Waals surface area contributed by atoms with Crippen LogP contribution in [0.2, 0.25) is 0 Å². The highest BCUT2D eigenvalue weighted by Crippen LogP contribution is 2.27. The fraction of sp³-hybridized carbons (Fsp3) is 0.458. The number of nitrogens with one attached hydrogen (secondary N) is 1. The van der Waals surface area contributed by atoms with Crippen LogP contribution in [-0.4, -0.2) is 58.3 Å². The van der Waals surface area contributed by atoms with Crippen LogP contribution in [0, 0.1) is 5.92 Å². The number of nitrogens with zero attached hydrogens (tertiary/aromatic N) is 4. The van der Waals surface area contributed by atoms with E-state index >= 15 is 0 Å². The van der Waals surface area contributed by atoms with Crippen molar-refractivity contribution in [2.45, 2.75) is 31.7 Å². The van der Waals surface area contributed by atoms with Crippen LogP contribution in [0.5, 0.6) is 0 Å². The fourth-order valence-electron chi connectivity index (χ4n) is 4.64. The SMILES string of the molecule is O=C(NCC1CCOCC1)c1ccc2nnc(C3CCN(Cc4ccccc4)C3)n2c1. The number of rotatable bonds is 6. The largest absolute Gasteiger partial charge is 0.381 e. The number of likely N-dealkylation sites (tertiary alicyclic amines) is 1. The Balaban J connectivity index is 1.26. The number of benzene rings is 1. The van der Waals surface area contributed by atoms with Gasteiger partial charge in [-0.3, -0.25) is 14.1 Å². The van der Waals surface area contributed by atoms with Gasteiger partial charge < -0.3 is 10.1 Å². The van der Waals surface area contributed by atoms with Crippen LogP contribution in [0.4, 0.5) is 0 Å². The summed E-state index contributed by atoms with van der Waals surface area (Å²) in [6.07, 6.45) is 4.96. The van der Waals surface area contributed by atoms with Gasteiger partial charge in [0.25, 0.3) is 5.91 Å². The molecule has 5 rings (SSSR count). The van der Waals surface area contributed by atoms with Gasteiger partial charge >= 0.3 is 0 Å². The van der Waals surface area contributed by atoms with Crippen molar-refractivity contribution in [2.24, 2.45) is 5.92 Å².